The van der Waals surface area contributed by atoms with Gasteiger partial charge in [0, 0.05) is 59.9 Å². The van der Waals surface area contributed by atoms with Crippen molar-refractivity contribution in [1.29, 1.82) is 0 Å². The molecular formula is C35H32F4N2O9. The molecule has 3 aromatic carbocycles. The predicted octanol–water partition coefficient (Wildman–Crippen LogP) is 3.95. The smallest absolute Gasteiger partial charge is 0.416 e. The molecule has 6 atom stereocenters. The van der Waals surface area contributed by atoms with Crippen molar-refractivity contribution in [2.75, 3.05) is 32.9 Å². The Bertz CT molecular complexity index is 1890. The normalized spacial score (nSPS) is 25.3. The second kappa shape index (κ2) is 13.3. The van der Waals surface area contributed by atoms with Crippen LogP contribution in [0.15, 0.2) is 66.9 Å². The van der Waals surface area contributed by atoms with Crippen LogP contribution in [-0.2, 0) is 15.7 Å². The standard InChI is InChI=1S/C35H32F4N2O9/c36-13-17-15-41(16-17)9-10-47-20-4-1-18(2-5-20)31-27-23-8-6-21(48-34-30(44)28(42)29(43)32(50-34)33(45)46)12-25(23)40-14-24(27)22-7-3-19(35(37,38)39)11-26(22)49-31/h1-8,11-12,14,17,28-32,34,42-44H,9-10,13,15-16H2,(H,45,46)/t28-,29-,30+,31?,32-,34+/m0/s1. The summed E-state index contributed by atoms with van der Waals surface area (Å²) in [5.74, 6) is -0.799. The van der Waals surface area contributed by atoms with Gasteiger partial charge in [-0.05, 0) is 48.0 Å². The maximum atomic E-state index is 13.7. The summed E-state index contributed by atoms with van der Waals surface area (Å²) in [6.45, 7) is 2.10. The Kier molecular flexibility index (Phi) is 9.03. The van der Waals surface area contributed by atoms with Crippen LogP contribution in [0.5, 0.6) is 17.2 Å². The fraction of sp³-hybridized carbons (Fsp3) is 0.371. The van der Waals surface area contributed by atoms with E-state index in [2.05, 4.69) is 9.88 Å². The van der Waals surface area contributed by atoms with Crippen molar-refractivity contribution in [1.82, 2.24) is 9.88 Å². The lowest BCUT2D eigenvalue weighted by atomic mass is 9.87. The summed E-state index contributed by atoms with van der Waals surface area (Å²) >= 11 is 0. The zero-order valence-corrected chi connectivity index (χ0v) is 26.2. The zero-order valence-electron chi connectivity index (χ0n) is 26.2. The van der Waals surface area contributed by atoms with E-state index in [0.717, 1.165) is 12.1 Å². The van der Waals surface area contributed by atoms with Crippen LogP contribution < -0.4 is 14.2 Å². The van der Waals surface area contributed by atoms with Crippen molar-refractivity contribution in [2.24, 2.45) is 5.92 Å². The number of aliphatic carboxylic acids is 1. The van der Waals surface area contributed by atoms with E-state index in [1.807, 2.05) is 0 Å². The molecule has 4 aromatic rings. The summed E-state index contributed by atoms with van der Waals surface area (Å²) in [6.07, 6.45) is -13.0. The third kappa shape index (κ3) is 6.42. The number of alkyl halides is 4. The number of hydrogen-bond acceptors (Lipinski definition) is 10. The lowest BCUT2D eigenvalue weighted by Crippen LogP contribution is -2.61. The first kappa shape index (κ1) is 33.9. The van der Waals surface area contributed by atoms with E-state index in [0.29, 0.717) is 65.1 Å². The van der Waals surface area contributed by atoms with Gasteiger partial charge in [0.25, 0.3) is 0 Å². The third-order valence-electron chi connectivity index (χ3n) is 9.16. The molecule has 0 radical (unpaired) electrons. The zero-order chi connectivity index (χ0) is 35.3. The second-order valence-electron chi connectivity index (χ2n) is 12.5. The van der Waals surface area contributed by atoms with Gasteiger partial charge in [-0.25, -0.2) is 4.79 Å². The number of carbonyl (C=O) groups is 1. The summed E-state index contributed by atoms with van der Waals surface area (Å²) in [7, 11) is 0. The molecule has 3 aliphatic heterocycles. The number of fused-ring (bicyclic) bond motifs is 5. The van der Waals surface area contributed by atoms with E-state index in [1.54, 1.807) is 30.3 Å². The fourth-order valence-electron chi connectivity index (χ4n) is 6.48. The number of pyridine rings is 1. The number of hydrogen-bond donors (Lipinski definition) is 4. The van der Waals surface area contributed by atoms with Crippen LogP contribution in [0.2, 0.25) is 0 Å². The van der Waals surface area contributed by atoms with Crippen molar-refractivity contribution in [3.8, 4) is 28.4 Å². The number of carboxylic acids is 1. The van der Waals surface area contributed by atoms with Gasteiger partial charge in [-0.1, -0.05) is 12.1 Å². The number of rotatable bonds is 9. The second-order valence-corrected chi connectivity index (χ2v) is 12.5. The Balaban J connectivity index is 1.20. The summed E-state index contributed by atoms with van der Waals surface area (Å²) < 4.78 is 76.9. The van der Waals surface area contributed by atoms with E-state index < -0.39 is 54.5 Å². The largest absolute Gasteiger partial charge is 0.492 e. The van der Waals surface area contributed by atoms with Gasteiger partial charge in [-0.2, -0.15) is 13.2 Å². The van der Waals surface area contributed by atoms with Crippen molar-refractivity contribution >= 4 is 16.9 Å². The minimum atomic E-state index is -4.59. The lowest BCUT2D eigenvalue weighted by molar-refractivity contribution is -0.271. The van der Waals surface area contributed by atoms with Gasteiger partial charge in [-0.15, -0.1) is 0 Å². The van der Waals surface area contributed by atoms with Crippen LogP contribution in [0.4, 0.5) is 17.6 Å². The van der Waals surface area contributed by atoms with Crippen LogP contribution in [0.25, 0.3) is 22.0 Å². The highest BCUT2D eigenvalue weighted by Gasteiger charge is 2.48. The molecule has 0 bridgehead atoms. The molecule has 1 unspecified atom stereocenters. The van der Waals surface area contributed by atoms with Crippen molar-refractivity contribution in [3.63, 3.8) is 0 Å². The Morgan fingerprint density at radius 3 is 2.38 bits per heavy atom. The van der Waals surface area contributed by atoms with E-state index in [-0.39, 0.29) is 24.1 Å². The summed E-state index contributed by atoms with van der Waals surface area (Å²) in [6, 6.07) is 14.9. The van der Waals surface area contributed by atoms with Crippen LogP contribution in [-0.4, -0.2) is 99.9 Å². The Morgan fingerprint density at radius 2 is 1.68 bits per heavy atom. The molecule has 1 aromatic heterocycles. The molecular weight excluding hydrogens is 668 g/mol. The minimum absolute atomic E-state index is 0.0250. The highest BCUT2D eigenvalue weighted by Crippen LogP contribution is 2.49. The molecule has 0 spiro atoms. The maximum absolute atomic E-state index is 13.7. The van der Waals surface area contributed by atoms with E-state index >= 15 is 0 Å². The molecule has 264 valence electrons. The van der Waals surface area contributed by atoms with Gasteiger partial charge in [0.1, 0.15) is 42.2 Å². The van der Waals surface area contributed by atoms with Crippen molar-refractivity contribution in [3.05, 3.63) is 83.6 Å². The first-order valence-corrected chi connectivity index (χ1v) is 15.8. The van der Waals surface area contributed by atoms with Gasteiger partial charge in [0.2, 0.25) is 6.29 Å². The number of nitrogens with zero attached hydrogens (tertiary/aromatic N) is 2. The summed E-state index contributed by atoms with van der Waals surface area (Å²) in [4.78, 5) is 18.1. The van der Waals surface area contributed by atoms with Gasteiger partial charge in [0.05, 0.1) is 17.8 Å². The topological polar surface area (TPSA) is 151 Å². The van der Waals surface area contributed by atoms with Gasteiger partial charge >= 0.3 is 12.1 Å². The molecule has 0 amide bonds. The minimum Gasteiger partial charge on any atom is -0.492 e. The molecule has 15 heteroatoms. The predicted molar refractivity (Wildman–Crippen MR) is 167 cm³/mol. The van der Waals surface area contributed by atoms with Crippen molar-refractivity contribution in [2.45, 2.75) is 43.0 Å². The Morgan fingerprint density at radius 1 is 0.940 bits per heavy atom. The molecule has 3 aliphatic rings. The van der Waals surface area contributed by atoms with E-state index in [9.17, 15) is 42.8 Å². The number of aliphatic hydroxyl groups excluding tert-OH is 3. The fourth-order valence-corrected chi connectivity index (χ4v) is 6.48. The van der Waals surface area contributed by atoms with E-state index in [1.165, 1.54) is 24.4 Å². The highest BCUT2D eigenvalue weighted by atomic mass is 19.4. The maximum Gasteiger partial charge on any atom is 0.416 e. The number of aromatic nitrogens is 1. The third-order valence-corrected chi connectivity index (χ3v) is 9.16. The van der Waals surface area contributed by atoms with Crippen molar-refractivity contribution < 1.29 is 61.7 Å². The number of likely N-dealkylation sites (tertiary alicyclic amines) is 1. The number of ether oxygens (including phenoxy) is 4. The molecule has 2 saturated heterocycles. The van der Waals surface area contributed by atoms with Crippen LogP contribution >= 0.6 is 0 Å². The molecule has 7 rings (SSSR count). The first-order chi connectivity index (χ1) is 23.9. The average Bonchev–Trinajstić information content (AvgIpc) is 3.08. The van der Waals surface area contributed by atoms with Crippen LogP contribution in [0, 0.1) is 5.92 Å². The summed E-state index contributed by atoms with van der Waals surface area (Å²) in [5.41, 5.74) is 1.68. The number of aliphatic hydroxyl groups is 3. The lowest BCUT2D eigenvalue weighted by Gasteiger charge is -2.38. The molecule has 11 nitrogen and oxygen atoms in total. The van der Waals surface area contributed by atoms with Gasteiger partial charge < -0.3 is 39.4 Å². The van der Waals surface area contributed by atoms with Gasteiger partial charge in [0.15, 0.2) is 12.2 Å². The molecule has 0 aliphatic carbocycles. The van der Waals surface area contributed by atoms with Crippen LogP contribution in [0.1, 0.15) is 22.8 Å². The van der Waals surface area contributed by atoms with Crippen LogP contribution in [0.3, 0.4) is 0 Å². The monoisotopic (exact) mass is 700 g/mol. The molecule has 4 heterocycles. The Hall–Kier alpha value is -4.54. The molecule has 0 saturated carbocycles. The Labute approximate surface area is 282 Å². The number of benzene rings is 3. The number of halogens is 4. The molecule has 4 N–H and O–H groups in total. The molecule has 2 fully saturated rings. The first-order valence-electron chi connectivity index (χ1n) is 15.8. The highest BCUT2D eigenvalue weighted by molar-refractivity contribution is 5.92. The van der Waals surface area contributed by atoms with Gasteiger partial charge in [-0.3, -0.25) is 14.3 Å². The van der Waals surface area contributed by atoms with E-state index in [4.69, 9.17) is 18.9 Å². The summed E-state index contributed by atoms with van der Waals surface area (Å²) in [5, 5.41) is 40.5. The number of carboxylic acid groups (broad SMARTS) is 1. The SMILES string of the molecule is O=C(O)[C@H]1O[C@@H](Oc2ccc3c4c(cnc3c2)-c2ccc(C(F)(F)F)cc2OC4c2ccc(OCCN3CC(CF)C3)cc2)[C@H](O)[C@@H](O)[C@@H]1O. The molecule has 50 heavy (non-hydrogen) atoms. The average molecular weight is 701 g/mol. The quantitative estimate of drug-likeness (QED) is 0.188.